The molecule has 116 valence electrons. The van der Waals surface area contributed by atoms with Crippen molar-refractivity contribution in [1.29, 1.82) is 0 Å². The minimum Gasteiger partial charge on any atom is -0.467 e. The summed E-state index contributed by atoms with van der Waals surface area (Å²) in [5.41, 5.74) is 3.86. The Morgan fingerprint density at radius 1 is 1.39 bits per heavy atom. The van der Waals surface area contributed by atoms with Gasteiger partial charge in [0, 0.05) is 16.6 Å². The van der Waals surface area contributed by atoms with E-state index >= 15 is 0 Å². The molecule has 1 aliphatic heterocycles. The maximum Gasteiger partial charge on any atom is 0.231 e. The zero-order valence-electron chi connectivity index (χ0n) is 12.5. The Morgan fingerprint density at radius 3 is 3.13 bits per heavy atom. The van der Waals surface area contributed by atoms with E-state index in [2.05, 4.69) is 15.6 Å². The van der Waals surface area contributed by atoms with Crippen LogP contribution in [-0.2, 0) is 11.3 Å². The summed E-state index contributed by atoms with van der Waals surface area (Å²) in [6.07, 6.45) is 1.66. The van der Waals surface area contributed by atoms with Crippen LogP contribution in [0.1, 0.15) is 24.2 Å². The highest BCUT2D eigenvalue weighted by Crippen LogP contribution is 2.36. The molecule has 0 unspecified atom stereocenters. The van der Waals surface area contributed by atoms with Crippen molar-refractivity contribution >= 4 is 28.1 Å². The van der Waals surface area contributed by atoms with Crippen molar-refractivity contribution in [2.45, 2.75) is 19.4 Å². The molecule has 6 heteroatoms. The Hall–Kier alpha value is -2.60. The van der Waals surface area contributed by atoms with Gasteiger partial charge >= 0.3 is 0 Å². The Bertz CT molecular complexity index is 855. The molecule has 1 aromatic carbocycles. The van der Waals surface area contributed by atoms with Gasteiger partial charge in [-0.3, -0.25) is 4.79 Å². The fourth-order valence-electron chi connectivity index (χ4n) is 2.64. The topological polar surface area (TPSA) is 67.2 Å². The molecular weight excluding hydrogens is 310 g/mol. The predicted octanol–water partition coefficient (Wildman–Crippen LogP) is 4.07. The molecule has 2 aromatic heterocycles. The number of thiazole rings is 1. The van der Waals surface area contributed by atoms with E-state index in [4.69, 9.17) is 4.42 Å². The third-order valence-corrected chi connectivity index (χ3v) is 4.76. The molecule has 0 saturated heterocycles. The van der Waals surface area contributed by atoms with E-state index in [9.17, 15) is 4.79 Å². The number of amides is 1. The molecule has 23 heavy (non-hydrogen) atoms. The lowest BCUT2D eigenvalue weighted by Gasteiger charge is -2.04. The second-order valence-electron chi connectivity index (χ2n) is 5.48. The van der Waals surface area contributed by atoms with E-state index < -0.39 is 0 Å². The van der Waals surface area contributed by atoms with E-state index in [1.807, 2.05) is 42.6 Å². The number of hydrogen-bond acceptors (Lipinski definition) is 5. The number of benzene rings is 1. The third-order valence-electron chi connectivity index (χ3n) is 3.96. The summed E-state index contributed by atoms with van der Waals surface area (Å²) in [6.45, 7) is 2.53. The molecule has 0 spiro atoms. The Labute approximate surface area is 137 Å². The van der Waals surface area contributed by atoms with Crippen LogP contribution < -0.4 is 10.6 Å². The van der Waals surface area contributed by atoms with E-state index in [-0.39, 0.29) is 11.8 Å². The molecule has 3 heterocycles. The van der Waals surface area contributed by atoms with E-state index in [0.29, 0.717) is 6.54 Å². The zero-order chi connectivity index (χ0) is 15.8. The van der Waals surface area contributed by atoms with Gasteiger partial charge in [0.2, 0.25) is 5.91 Å². The minimum atomic E-state index is -0.111. The predicted molar refractivity (Wildman–Crippen MR) is 90.6 cm³/mol. The Kier molecular flexibility index (Phi) is 3.38. The maximum atomic E-state index is 11.7. The van der Waals surface area contributed by atoms with Gasteiger partial charge in [-0.05, 0) is 36.8 Å². The van der Waals surface area contributed by atoms with Crippen LogP contribution in [0, 0.1) is 0 Å². The SMILES string of the molecule is C[C@H]1C(=O)Nc2ccc(-c3csc(NCc4ccco4)n3)cc21. The lowest BCUT2D eigenvalue weighted by Crippen LogP contribution is -2.08. The molecule has 0 saturated carbocycles. The molecule has 1 amide bonds. The summed E-state index contributed by atoms with van der Waals surface area (Å²) in [7, 11) is 0. The molecule has 0 fully saturated rings. The number of fused-ring (bicyclic) bond motifs is 1. The van der Waals surface area contributed by atoms with Crippen LogP contribution in [-0.4, -0.2) is 10.9 Å². The van der Waals surface area contributed by atoms with Gasteiger partial charge in [-0.2, -0.15) is 0 Å². The molecular formula is C17H15N3O2S. The number of carbonyl (C=O) groups is 1. The monoisotopic (exact) mass is 325 g/mol. The van der Waals surface area contributed by atoms with Gasteiger partial charge in [0.25, 0.3) is 0 Å². The number of nitrogens with zero attached hydrogens (tertiary/aromatic N) is 1. The third kappa shape index (κ3) is 2.61. The highest BCUT2D eigenvalue weighted by atomic mass is 32.1. The molecule has 0 bridgehead atoms. The molecule has 5 nitrogen and oxygen atoms in total. The number of anilines is 2. The van der Waals surface area contributed by atoms with E-state index in [1.165, 1.54) is 0 Å². The van der Waals surface area contributed by atoms with Gasteiger partial charge in [-0.15, -0.1) is 11.3 Å². The van der Waals surface area contributed by atoms with Crippen molar-refractivity contribution in [2.24, 2.45) is 0 Å². The Morgan fingerprint density at radius 2 is 2.30 bits per heavy atom. The van der Waals surface area contributed by atoms with Gasteiger partial charge in [-0.1, -0.05) is 6.07 Å². The van der Waals surface area contributed by atoms with Crippen molar-refractivity contribution in [1.82, 2.24) is 4.98 Å². The summed E-state index contributed by atoms with van der Waals surface area (Å²) in [6, 6.07) is 9.77. The smallest absolute Gasteiger partial charge is 0.231 e. The zero-order valence-corrected chi connectivity index (χ0v) is 13.3. The van der Waals surface area contributed by atoms with Crippen LogP contribution >= 0.6 is 11.3 Å². The van der Waals surface area contributed by atoms with Gasteiger partial charge in [0.05, 0.1) is 24.4 Å². The van der Waals surface area contributed by atoms with Crippen LogP contribution in [0.15, 0.2) is 46.4 Å². The molecule has 0 aliphatic carbocycles. The summed E-state index contributed by atoms with van der Waals surface area (Å²) >= 11 is 1.55. The second-order valence-corrected chi connectivity index (χ2v) is 6.34. The summed E-state index contributed by atoms with van der Waals surface area (Å²) in [5, 5.41) is 9.00. The van der Waals surface area contributed by atoms with E-state index in [0.717, 1.165) is 33.4 Å². The average molecular weight is 325 g/mol. The summed E-state index contributed by atoms with van der Waals surface area (Å²) < 4.78 is 5.29. The first-order chi connectivity index (χ1) is 11.2. The summed E-state index contributed by atoms with van der Waals surface area (Å²) in [4.78, 5) is 16.3. The van der Waals surface area contributed by atoms with Gasteiger partial charge in [-0.25, -0.2) is 4.98 Å². The molecule has 1 atom stereocenters. The van der Waals surface area contributed by atoms with E-state index in [1.54, 1.807) is 17.6 Å². The first-order valence-electron chi connectivity index (χ1n) is 7.37. The normalized spacial score (nSPS) is 16.2. The quantitative estimate of drug-likeness (QED) is 0.759. The summed E-state index contributed by atoms with van der Waals surface area (Å²) in [5.74, 6) is 0.814. The standard InChI is InChI=1S/C17H15N3O2S/c1-10-13-7-11(4-5-14(13)19-16(10)21)15-9-23-17(20-15)18-8-12-3-2-6-22-12/h2-7,9-10H,8H2,1H3,(H,18,20)(H,19,21)/t10-/m1/s1. The largest absolute Gasteiger partial charge is 0.467 e. The van der Waals surface area contributed by atoms with Crippen LogP contribution in [0.4, 0.5) is 10.8 Å². The number of rotatable bonds is 4. The Balaban J connectivity index is 1.54. The number of furan rings is 1. The second kappa shape index (κ2) is 5.55. The van der Waals surface area contributed by atoms with Crippen LogP contribution in [0.25, 0.3) is 11.3 Å². The molecule has 4 rings (SSSR count). The highest BCUT2D eigenvalue weighted by Gasteiger charge is 2.26. The van der Waals surface area contributed by atoms with Crippen molar-refractivity contribution in [3.8, 4) is 11.3 Å². The highest BCUT2D eigenvalue weighted by molar-refractivity contribution is 7.14. The number of aromatic nitrogens is 1. The lowest BCUT2D eigenvalue weighted by molar-refractivity contribution is -0.116. The first kappa shape index (κ1) is 14.0. The molecule has 3 aromatic rings. The van der Waals surface area contributed by atoms with Crippen LogP contribution in [0.5, 0.6) is 0 Å². The first-order valence-corrected chi connectivity index (χ1v) is 8.25. The number of carbonyl (C=O) groups excluding carboxylic acids is 1. The fourth-order valence-corrected chi connectivity index (χ4v) is 3.36. The maximum absolute atomic E-state index is 11.7. The lowest BCUT2D eigenvalue weighted by atomic mass is 10.00. The molecule has 0 radical (unpaired) electrons. The molecule has 1 aliphatic rings. The van der Waals surface area contributed by atoms with Crippen molar-refractivity contribution in [3.05, 3.63) is 53.3 Å². The van der Waals surface area contributed by atoms with Crippen molar-refractivity contribution < 1.29 is 9.21 Å². The van der Waals surface area contributed by atoms with Crippen LogP contribution in [0.2, 0.25) is 0 Å². The van der Waals surface area contributed by atoms with Gasteiger partial charge in [0.1, 0.15) is 5.76 Å². The van der Waals surface area contributed by atoms with Crippen molar-refractivity contribution in [3.63, 3.8) is 0 Å². The van der Waals surface area contributed by atoms with Gasteiger partial charge < -0.3 is 15.1 Å². The number of nitrogens with one attached hydrogen (secondary N) is 2. The minimum absolute atomic E-state index is 0.0521. The molecule has 2 N–H and O–H groups in total. The van der Waals surface area contributed by atoms with Crippen molar-refractivity contribution in [2.75, 3.05) is 10.6 Å². The average Bonchev–Trinajstić information content (AvgIpc) is 3.28. The van der Waals surface area contributed by atoms with Crippen LogP contribution in [0.3, 0.4) is 0 Å². The fraction of sp³-hybridized carbons (Fsp3) is 0.176. The number of hydrogen-bond donors (Lipinski definition) is 2. The van der Waals surface area contributed by atoms with Gasteiger partial charge in [0.15, 0.2) is 5.13 Å².